The zero-order valence-corrected chi connectivity index (χ0v) is 15.3. The van der Waals surface area contributed by atoms with Crippen molar-refractivity contribution in [3.05, 3.63) is 83.6 Å². The lowest BCUT2D eigenvalue weighted by Crippen LogP contribution is -2.31. The molecule has 3 rings (SSSR count). The van der Waals surface area contributed by atoms with Crippen LogP contribution in [-0.2, 0) is 13.0 Å². The fraction of sp³-hybridized carbons (Fsp3) is 0.227. The van der Waals surface area contributed by atoms with Crippen LogP contribution < -0.4 is 5.32 Å². The third-order valence-electron chi connectivity index (χ3n) is 4.54. The Hall–Kier alpha value is -2.96. The Morgan fingerprint density at radius 2 is 1.93 bits per heavy atom. The summed E-state index contributed by atoms with van der Waals surface area (Å²) in [6, 6.07) is 14.8. The summed E-state index contributed by atoms with van der Waals surface area (Å²) >= 11 is 0. The third-order valence-corrected chi connectivity index (χ3v) is 4.54. The molecule has 3 N–H and O–H groups in total. The summed E-state index contributed by atoms with van der Waals surface area (Å²) in [5.41, 5.74) is 2.02. The zero-order chi connectivity index (χ0) is 19.9. The van der Waals surface area contributed by atoms with Crippen molar-refractivity contribution in [2.24, 2.45) is 5.92 Å². The summed E-state index contributed by atoms with van der Waals surface area (Å²) in [5, 5.41) is 21.8. The van der Waals surface area contributed by atoms with Gasteiger partial charge in [0, 0.05) is 31.1 Å². The van der Waals surface area contributed by atoms with Gasteiger partial charge in [-0.05, 0) is 47.0 Å². The molecule has 1 amide bonds. The minimum Gasteiger partial charge on any atom is -0.469 e. The summed E-state index contributed by atoms with van der Waals surface area (Å²) in [6.07, 6.45) is 2.04. The largest absolute Gasteiger partial charge is 0.469 e. The minimum atomic E-state index is -0.537. The average Bonchev–Trinajstić information content (AvgIpc) is 3.23. The van der Waals surface area contributed by atoms with E-state index in [4.69, 9.17) is 4.42 Å². The van der Waals surface area contributed by atoms with Gasteiger partial charge in [-0.2, -0.15) is 0 Å². The van der Waals surface area contributed by atoms with Crippen LogP contribution >= 0.6 is 0 Å². The molecule has 0 saturated carbocycles. The Labute approximate surface area is 162 Å². The monoisotopic (exact) mass is 383 g/mol. The summed E-state index contributed by atoms with van der Waals surface area (Å²) in [4.78, 5) is 12.5. The van der Waals surface area contributed by atoms with E-state index < -0.39 is 11.7 Å². The molecule has 0 aliphatic carbocycles. The summed E-state index contributed by atoms with van der Waals surface area (Å²) in [6.45, 7) is -0.0620. The molecule has 1 aromatic heterocycles. The van der Waals surface area contributed by atoms with Gasteiger partial charge in [0.25, 0.3) is 5.91 Å². The first-order valence-electron chi connectivity index (χ1n) is 9.02. The minimum absolute atomic E-state index is 0.112. The van der Waals surface area contributed by atoms with Crippen molar-refractivity contribution in [3.8, 4) is 11.1 Å². The maximum Gasteiger partial charge on any atom is 0.251 e. The van der Waals surface area contributed by atoms with Crippen LogP contribution in [0.25, 0.3) is 11.1 Å². The Kier molecular flexibility index (Phi) is 6.57. The lowest BCUT2D eigenvalue weighted by atomic mass is 9.98. The molecule has 3 aromatic rings. The SMILES string of the molecule is O=C(NCC(CO)Cc1ccco1)c1cc(F)cc(-c2ccccc2CO)c1. The molecule has 1 unspecified atom stereocenters. The van der Waals surface area contributed by atoms with Gasteiger partial charge in [-0.1, -0.05) is 24.3 Å². The molecule has 5 nitrogen and oxygen atoms in total. The fourth-order valence-electron chi connectivity index (χ4n) is 3.07. The second-order valence-electron chi connectivity index (χ2n) is 6.59. The van der Waals surface area contributed by atoms with Crippen LogP contribution in [0.4, 0.5) is 4.39 Å². The van der Waals surface area contributed by atoms with Crippen molar-refractivity contribution in [2.75, 3.05) is 13.2 Å². The van der Waals surface area contributed by atoms with Gasteiger partial charge in [0.1, 0.15) is 11.6 Å². The number of amides is 1. The number of aliphatic hydroxyl groups is 2. The van der Waals surface area contributed by atoms with E-state index in [9.17, 15) is 19.4 Å². The lowest BCUT2D eigenvalue weighted by Gasteiger charge is -2.14. The maximum atomic E-state index is 14.1. The Balaban J connectivity index is 1.74. The standard InChI is InChI=1S/C22H22FNO4/c23-19-10-17(21-6-2-1-4-16(21)14-26)9-18(11-19)22(27)24-12-15(13-25)8-20-5-3-7-28-20/h1-7,9-11,15,25-26H,8,12-14H2,(H,24,27). The molecule has 28 heavy (non-hydrogen) atoms. The Morgan fingerprint density at radius 3 is 2.64 bits per heavy atom. The lowest BCUT2D eigenvalue weighted by molar-refractivity contribution is 0.0938. The second kappa shape index (κ2) is 9.30. The molecule has 0 spiro atoms. The number of hydrogen-bond acceptors (Lipinski definition) is 4. The van der Waals surface area contributed by atoms with Crippen LogP contribution in [0.5, 0.6) is 0 Å². The van der Waals surface area contributed by atoms with Crippen molar-refractivity contribution in [1.82, 2.24) is 5.32 Å². The van der Waals surface area contributed by atoms with Gasteiger partial charge in [-0.15, -0.1) is 0 Å². The summed E-state index contributed by atoms with van der Waals surface area (Å²) in [7, 11) is 0. The third kappa shape index (κ3) is 4.85. The normalized spacial score (nSPS) is 12.0. The van der Waals surface area contributed by atoms with E-state index in [1.165, 1.54) is 12.1 Å². The van der Waals surface area contributed by atoms with Crippen molar-refractivity contribution >= 4 is 5.91 Å². The van der Waals surface area contributed by atoms with E-state index in [0.29, 0.717) is 23.1 Å². The molecule has 2 aromatic carbocycles. The van der Waals surface area contributed by atoms with E-state index >= 15 is 0 Å². The molecule has 0 aliphatic rings. The molecule has 6 heteroatoms. The van der Waals surface area contributed by atoms with Gasteiger partial charge in [0.2, 0.25) is 0 Å². The highest BCUT2D eigenvalue weighted by molar-refractivity contribution is 5.95. The van der Waals surface area contributed by atoms with E-state index in [1.54, 1.807) is 42.7 Å². The molecule has 0 aliphatic heterocycles. The molecule has 1 heterocycles. The fourth-order valence-corrected chi connectivity index (χ4v) is 3.07. The van der Waals surface area contributed by atoms with Crippen molar-refractivity contribution in [3.63, 3.8) is 0 Å². The van der Waals surface area contributed by atoms with E-state index in [2.05, 4.69) is 5.32 Å². The Morgan fingerprint density at radius 1 is 1.11 bits per heavy atom. The van der Waals surface area contributed by atoms with Crippen LogP contribution in [0.15, 0.2) is 65.3 Å². The highest BCUT2D eigenvalue weighted by Crippen LogP contribution is 2.26. The van der Waals surface area contributed by atoms with E-state index in [-0.39, 0.29) is 31.2 Å². The Bertz CT molecular complexity index is 924. The molecular weight excluding hydrogens is 361 g/mol. The van der Waals surface area contributed by atoms with E-state index in [0.717, 1.165) is 5.76 Å². The number of carbonyl (C=O) groups is 1. The first kappa shape index (κ1) is 19.8. The quantitative estimate of drug-likeness (QED) is 0.558. The molecular formula is C22H22FNO4. The van der Waals surface area contributed by atoms with Crippen LogP contribution in [-0.4, -0.2) is 29.3 Å². The van der Waals surface area contributed by atoms with Gasteiger partial charge < -0.3 is 19.9 Å². The number of furan rings is 1. The zero-order valence-electron chi connectivity index (χ0n) is 15.3. The summed E-state index contributed by atoms with van der Waals surface area (Å²) < 4.78 is 19.4. The first-order valence-corrected chi connectivity index (χ1v) is 9.02. The van der Waals surface area contributed by atoms with Crippen LogP contribution in [0, 0.1) is 11.7 Å². The highest BCUT2D eigenvalue weighted by Gasteiger charge is 2.15. The molecule has 0 bridgehead atoms. The molecule has 0 saturated heterocycles. The number of nitrogens with one attached hydrogen (secondary N) is 1. The number of benzene rings is 2. The number of rotatable bonds is 8. The smallest absolute Gasteiger partial charge is 0.251 e. The highest BCUT2D eigenvalue weighted by atomic mass is 19.1. The molecule has 1 atom stereocenters. The number of aliphatic hydroxyl groups excluding tert-OH is 2. The van der Waals surface area contributed by atoms with Crippen molar-refractivity contribution in [2.45, 2.75) is 13.0 Å². The van der Waals surface area contributed by atoms with Crippen molar-refractivity contribution in [1.29, 1.82) is 0 Å². The molecule has 0 radical (unpaired) electrons. The van der Waals surface area contributed by atoms with E-state index in [1.807, 2.05) is 6.07 Å². The van der Waals surface area contributed by atoms with Crippen molar-refractivity contribution < 1.29 is 23.8 Å². The van der Waals surface area contributed by atoms with Gasteiger partial charge in [-0.3, -0.25) is 4.79 Å². The molecule has 0 fully saturated rings. The van der Waals surface area contributed by atoms with Gasteiger partial charge in [-0.25, -0.2) is 4.39 Å². The first-order chi connectivity index (χ1) is 13.6. The number of carbonyl (C=O) groups excluding carboxylic acids is 1. The number of hydrogen-bond donors (Lipinski definition) is 3. The van der Waals surface area contributed by atoms with Crippen LogP contribution in [0.3, 0.4) is 0 Å². The summed E-state index contributed by atoms with van der Waals surface area (Å²) in [5.74, 6) is -0.454. The predicted molar refractivity (Wildman–Crippen MR) is 103 cm³/mol. The number of halogens is 1. The van der Waals surface area contributed by atoms with Crippen LogP contribution in [0.1, 0.15) is 21.7 Å². The maximum absolute atomic E-state index is 14.1. The second-order valence-corrected chi connectivity index (χ2v) is 6.59. The van der Waals surface area contributed by atoms with Gasteiger partial charge >= 0.3 is 0 Å². The van der Waals surface area contributed by atoms with Gasteiger partial charge in [0.05, 0.1) is 12.9 Å². The average molecular weight is 383 g/mol. The van der Waals surface area contributed by atoms with Crippen LogP contribution in [0.2, 0.25) is 0 Å². The van der Waals surface area contributed by atoms with Gasteiger partial charge in [0.15, 0.2) is 0 Å². The predicted octanol–water partition coefficient (Wildman–Crippen LogP) is 3.16. The molecule has 146 valence electrons. The topological polar surface area (TPSA) is 82.7 Å².